The lowest BCUT2D eigenvalue weighted by atomic mass is 10.3. The minimum atomic E-state index is -3.37. The van der Waals surface area contributed by atoms with Gasteiger partial charge in [0.15, 0.2) is 15.7 Å². The topological polar surface area (TPSA) is 95.2 Å². The standard InChI is InChI=1S/C16H15N3O4S/c1-22-15-8-7-12(11-17-15)16-18-14(19-23-16)9-10-24(20,21)13-5-3-2-4-6-13/h2-8,11H,9-10H2,1H3. The first-order valence-electron chi connectivity index (χ1n) is 7.19. The first-order valence-corrected chi connectivity index (χ1v) is 8.84. The number of hydrogen-bond donors (Lipinski definition) is 0. The van der Waals surface area contributed by atoms with Gasteiger partial charge in [-0.05, 0) is 18.2 Å². The first kappa shape index (κ1) is 16.1. The van der Waals surface area contributed by atoms with Crippen molar-refractivity contribution < 1.29 is 17.7 Å². The Hall–Kier alpha value is -2.74. The average molecular weight is 345 g/mol. The Bertz CT molecular complexity index is 906. The van der Waals surface area contributed by atoms with Gasteiger partial charge in [-0.3, -0.25) is 0 Å². The zero-order valence-corrected chi connectivity index (χ0v) is 13.7. The monoisotopic (exact) mass is 345 g/mol. The largest absolute Gasteiger partial charge is 0.481 e. The van der Waals surface area contributed by atoms with Gasteiger partial charge in [-0.25, -0.2) is 13.4 Å². The fourth-order valence-corrected chi connectivity index (χ4v) is 3.33. The molecule has 8 heteroatoms. The summed E-state index contributed by atoms with van der Waals surface area (Å²) in [5, 5.41) is 3.82. The van der Waals surface area contributed by atoms with E-state index >= 15 is 0 Å². The number of sulfone groups is 1. The summed E-state index contributed by atoms with van der Waals surface area (Å²) in [4.78, 5) is 8.56. The minimum Gasteiger partial charge on any atom is -0.481 e. The molecular formula is C16H15N3O4S. The third-order valence-electron chi connectivity index (χ3n) is 3.36. The first-order chi connectivity index (χ1) is 11.6. The van der Waals surface area contributed by atoms with E-state index in [2.05, 4.69) is 15.1 Å². The van der Waals surface area contributed by atoms with Crippen molar-refractivity contribution in [1.82, 2.24) is 15.1 Å². The van der Waals surface area contributed by atoms with Crippen LogP contribution in [0.1, 0.15) is 5.82 Å². The van der Waals surface area contributed by atoms with Gasteiger partial charge in [-0.15, -0.1) is 0 Å². The summed E-state index contributed by atoms with van der Waals surface area (Å²) >= 11 is 0. The van der Waals surface area contributed by atoms with Crippen LogP contribution < -0.4 is 4.74 Å². The van der Waals surface area contributed by atoms with Gasteiger partial charge < -0.3 is 9.26 Å². The van der Waals surface area contributed by atoms with Crippen LogP contribution in [-0.4, -0.2) is 36.4 Å². The van der Waals surface area contributed by atoms with Crippen LogP contribution in [0.4, 0.5) is 0 Å². The number of ether oxygens (including phenoxy) is 1. The van der Waals surface area contributed by atoms with E-state index in [0.29, 0.717) is 17.3 Å². The molecule has 0 saturated carbocycles. The van der Waals surface area contributed by atoms with Crippen molar-refractivity contribution in [3.63, 3.8) is 0 Å². The Labute approximate surface area is 139 Å². The van der Waals surface area contributed by atoms with Crippen LogP contribution in [0.2, 0.25) is 0 Å². The van der Waals surface area contributed by atoms with Crippen LogP contribution in [0.3, 0.4) is 0 Å². The van der Waals surface area contributed by atoms with E-state index in [9.17, 15) is 8.42 Å². The predicted octanol–water partition coefficient (Wildman–Crippen LogP) is 2.16. The van der Waals surface area contributed by atoms with E-state index in [4.69, 9.17) is 9.26 Å². The third-order valence-corrected chi connectivity index (χ3v) is 5.09. The Kier molecular flexibility index (Phi) is 4.57. The molecule has 0 radical (unpaired) electrons. The van der Waals surface area contributed by atoms with E-state index in [1.807, 2.05) is 0 Å². The molecule has 1 aromatic carbocycles. The molecule has 0 bridgehead atoms. The van der Waals surface area contributed by atoms with Crippen molar-refractivity contribution in [1.29, 1.82) is 0 Å². The van der Waals surface area contributed by atoms with Gasteiger partial charge in [-0.2, -0.15) is 4.98 Å². The van der Waals surface area contributed by atoms with Gasteiger partial charge in [-0.1, -0.05) is 23.4 Å². The van der Waals surface area contributed by atoms with E-state index in [-0.39, 0.29) is 23.0 Å². The molecule has 7 nitrogen and oxygen atoms in total. The molecule has 0 N–H and O–H groups in total. The summed E-state index contributed by atoms with van der Waals surface area (Å²) in [5.74, 6) is 1.02. The molecule has 0 aliphatic carbocycles. The van der Waals surface area contributed by atoms with Gasteiger partial charge in [0.1, 0.15) is 0 Å². The van der Waals surface area contributed by atoms with Crippen LogP contribution in [0.15, 0.2) is 58.1 Å². The summed E-state index contributed by atoms with van der Waals surface area (Å²) in [6, 6.07) is 11.7. The number of hydrogen-bond acceptors (Lipinski definition) is 7. The SMILES string of the molecule is COc1ccc(-c2nc(CCS(=O)(=O)c3ccccc3)no2)cn1. The molecular weight excluding hydrogens is 330 g/mol. The lowest BCUT2D eigenvalue weighted by molar-refractivity contribution is 0.397. The maximum Gasteiger partial charge on any atom is 0.259 e. The number of aromatic nitrogens is 3. The predicted molar refractivity (Wildman–Crippen MR) is 86.3 cm³/mol. The highest BCUT2D eigenvalue weighted by atomic mass is 32.2. The molecule has 0 spiro atoms. The molecule has 3 rings (SSSR count). The van der Waals surface area contributed by atoms with Crippen LogP contribution in [0.5, 0.6) is 5.88 Å². The summed E-state index contributed by atoms with van der Waals surface area (Å²) in [6.07, 6.45) is 1.72. The number of pyridine rings is 1. The number of nitrogens with zero attached hydrogens (tertiary/aromatic N) is 3. The molecule has 3 aromatic rings. The number of aryl methyl sites for hydroxylation is 1. The van der Waals surface area contributed by atoms with Gasteiger partial charge in [0.2, 0.25) is 5.88 Å². The van der Waals surface area contributed by atoms with E-state index in [0.717, 1.165) is 0 Å². The number of methoxy groups -OCH3 is 1. The second kappa shape index (κ2) is 6.79. The molecule has 0 amide bonds. The molecule has 0 atom stereocenters. The van der Waals surface area contributed by atoms with Crippen molar-refractivity contribution in [2.24, 2.45) is 0 Å². The van der Waals surface area contributed by atoms with Crippen LogP contribution in [0, 0.1) is 0 Å². The Morgan fingerprint density at radius 3 is 2.58 bits per heavy atom. The van der Waals surface area contributed by atoms with Gasteiger partial charge in [0.05, 0.1) is 23.3 Å². The number of benzene rings is 1. The second-order valence-corrected chi connectivity index (χ2v) is 7.10. The molecule has 0 fully saturated rings. The van der Waals surface area contributed by atoms with E-state index < -0.39 is 9.84 Å². The van der Waals surface area contributed by atoms with Crippen molar-refractivity contribution in [2.45, 2.75) is 11.3 Å². The fourth-order valence-electron chi connectivity index (χ4n) is 2.07. The fraction of sp³-hybridized carbons (Fsp3) is 0.188. The average Bonchev–Trinajstić information content (AvgIpc) is 3.10. The van der Waals surface area contributed by atoms with Crippen molar-refractivity contribution in [3.8, 4) is 17.3 Å². The van der Waals surface area contributed by atoms with E-state index in [1.54, 1.807) is 48.7 Å². The summed E-state index contributed by atoms with van der Waals surface area (Å²) in [7, 11) is -1.85. The number of rotatable bonds is 6. The Morgan fingerprint density at radius 2 is 1.92 bits per heavy atom. The summed E-state index contributed by atoms with van der Waals surface area (Å²) in [6.45, 7) is 0. The van der Waals surface area contributed by atoms with Gasteiger partial charge >= 0.3 is 0 Å². The lowest BCUT2D eigenvalue weighted by Gasteiger charge is -2.01. The highest BCUT2D eigenvalue weighted by molar-refractivity contribution is 7.91. The quantitative estimate of drug-likeness (QED) is 0.675. The third kappa shape index (κ3) is 3.60. The molecule has 0 aliphatic rings. The van der Waals surface area contributed by atoms with Crippen molar-refractivity contribution in [2.75, 3.05) is 12.9 Å². The highest BCUT2D eigenvalue weighted by Gasteiger charge is 2.16. The molecule has 24 heavy (non-hydrogen) atoms. The molecule has 0 saturated heterocycles. The lowest BCUT2D eigenvalue weighted by Crippen LogP contribution is -2.09. The van der Waals surface area contributed by atoms with Gasteiger partial charge in [0, 0.05) is 18.7 Å². The molecule has 0 unspecified atom stereocenters. The van der Waals surface area contributed by atoms with E-state index in [1.165, 1.54) is 7.11 Å². The van der Waals surface area contributed by atoms with Crippen LogP contribution in [-0.2, 0) is 16.3 Å². The van der Waals surface area contributed by atoms with Gasteiger partial charge in [0.25, 0.3) is 5.89 Å². The maximum atomic E-state index is 12.2. The second-order valence-electron chi connectivity index (χ2n) is 4.99. The summed E-state index contributed by atoms with van der Waals surface area (Å²) in [5.41, 5.74) is 0.639. The zero-order valence-electron chi connectivity index (χ0n) is 12.9. The maximum absolute atomic E-state index is 12.2. The minimum absolute atomic E-state index is 0.0865. The van der Waals surface area contributed by atoms with Crippen molar-refractivity contribution >= 4 is 9.84 Å². The Morgan fingerprint density at radius 1 is 1.12 bits per heavy atom. The Balaban J connectivity index is 1.70. The molecule has 2 heterocycles. The normalized spacial score (nSPS) is 11.4. The molecule has 2 aromatic heterocycles. The molecule has 124 valence electrons. The van der Waals surface area contributed by atoms with Crippen molar-refractivity contribution in [3.05, 3.63) is 54.5 Å². The van der Waals surface area contributed by atoms with Crippen LogP contribution in [0.25, 0.3) is 11.5 Å². The molecule has 0 aliphatic heterocycles. The zero-order chi connectivity index (χ0) is 17.0. The summed E-state index contributed by atoms with van der Waals surface area (Å²) < 4.78 is 34.6. The van der Waals surface area contributed by atoms with Crippen LogP contribution >= 0.6 is 0 Å². The highest BCUT2D eigenvalue weighted by Crippen LogP contribution is 2.19. The smallest absolute Gasteiger partial charge is 0.259 e.